The quantitative estimate of drug-likeness (QED) is 0.663. The standard InChI is InChI=1S/C20H20ClF3N4O4/c1-19(2,3)32-18(30)28-9-12(10-28)31-17-13(4-5-14(27-17)20(22,23)24)26-16(29)11-6-7-25-15(21)8-11/h4-8,12H,9-10H2,1-3H3,(H,26,29). The van der Waals surface area contributed by atoms with Crippen molar-refractivity contribution in [3.8, 4) is 5.88 Å². The number of carbonyl (C=O) groups is 2. The zero-order valence-corrected chi connectivity index (χ0v) is 18.1. The molecule has 172 valence electrons. The Balaban J connectivity index is 1.75. The molecule has 1 N–H and O–H groups in total. The zero-order chi connectivity index (χ0) is 23.7. The summed E-state index contributed by atoms with van der Waals surface area (Å²) >= 11 is 5.77. The maximum Gasteiger partial charge on any atom is 0.433 e. The topological polar surface area (TPSA) is 93.6 Å². The number of likely N-dealkylation sites (tertiary alicyclic amines) is 1. The molecule has 2 aromatic rings. The lowest BCUT2D eigenvalue weighted by Crippen LogP contribution is -2.57. The van der Waals surface area contributed by atoms with Crippen molar-refractivity contribution in [2.45, 2.75) is 38.7 Å². The Morgan fingerprint density at radius 1 is 1.19 bits per heavy atom. The summed E-state index contributed by atoms with van der Waals surface area (Å²) in [5.74, 6) is -1.05. The molecule has 1 fully saturated rings. The van der Waals surface area contributed by atoms with Crippen LogP contribution in [0.5, 0.6) is 5.88 Å². The molecule has 2 aromatic heterocycles. The number of aromatic nitrogens is 2. The third kappa shape index (κ3) is 6.00. The van der Waals surface area contributed by atoms with E-state index in [-0.39, 0.29) is 29.5 Å². The van der Waals surface area contributed by atoms with Gasteiger partial charge in [0.1, 0.15) is 28.2 Å². The van der Waals surface area contributed by atoms with Crippen molar-refractivity contribution in [1.82, 2.24) is 14.9 Å². The number of hydrogen-bond donors (Lipinski definition) is 1. The Bertz CT molecular complexity index is 1020. The van der Waals surface area contributed by atoms with Crippen molar-refractivity contribution in [2.24, 2.45) is 0 Å². The van der Waals surface area contributed by atoms with Crippen LogP contribution in [0.3, 0.4) is 0 Å². The van der Waals surface area contributed by atoms with Crippen LogP contribution >= 0.6 is 11.6 Å². The van der Waals surface area contributed by atoms with Crippen molar-refractivity contribution in [2.75, 3.05) is 18.4 Å². The highest BCUT2D eigenvalue weighted by atomic mass is 35.5. The summed E-state index contributed by atoms with van der Waals surface area (Å²) in [5.41, 5.74) is -1.78. The number of anilines is 1. The molecule has 0 atom stereocenters. The van der Waals surface area contributed by atoms with Crippen LogP contribution in [0.15, 0.2) is 30.5 Å². The molecular weight excluding hydrogens is 453 g/mol. The van der Waals surface area contributed by atoms with E-state index in [0.717, 1.165) is 12.1 Å². The monoisotopic (exact) mass is 472 g/mol. The van der Waals surface area contributed by atoms with E-state index in [9.17, 15) is 22.8 Å². The van der Waals surface area contributed by atoms with Crippen molar-refractivity contribution in [3.05, 3.63) is 46.9 Å². The number of nitrogens with zero attached hydrogens (tertiary/aromatic N) is 3. The molecule has 2 amide bonds. The fourth-order valence-corrected chi connectivity index (χ4v) is 2.84. The number of amides is 2. The van der Waals surface area contributed by atoms with Crippen LogP contribution < -0.4 is 10.1 Å². The van der Waals surface area contributed by atoms with Gasteiger partial charge in [0.2, 0.25) is 5.88 Å². The van der Waals surface area contributed by atoms with Crippen molar-refractivity contribution in [3.63, 3.8) is 0 Å². The normalized spacial score (nSPS) is 14.5. The van der Waals surface area contributed by atoms with Gasteiger partial charge in [0.15, 0.2) is 0 Å². The molecule has 0 aliphatic carbocycles. The van der Waals surface area contributed by atoms with E-state index in [1.54, 1.807) is 20.8 Å². The van der Waals surface area contributed by atoms with Gasteiger partial charge in [0, 0.05) is 11.8 Å². The number of halogens is 4. The zero-order valence-electron chi connectivity index (χ0n) is 17.4. The lowest BCUT2D eigenvalue weighted by molar-refractivity contribution is -0.141. The molecular formula is C20H20ClF3N4O4. The molecule has 12 heteroatoms. The molecule has 32 heavy (non-hydrogen) atoms. The summed E-state index contributed by atoms with van der Waals surface area (Å²) < 4.78 is 50.2. The Labute approximate surface area is 186 Å². The second kappa shape index (κ2) is 8.81. The molecule has 0 radical (unpaired) electrons. The first-order valence-electron chi connectivity index (χ1n) is 9.47. The van der Waals surface area contributed by atoms with Gasteiger partial charge in [-0.25, -0.2) is 14.8 Å². The smallest absolute Gasteiger partial charge is 0.433 e. The summed E-state index contributed by atoms with van der Waals surface area (Å²) in [6.45, 7) is 5.35. The molecule has 3 rings (SSSR count). The van der Waals surface area contributed by atoms with Gasteiger partial charge in [0.25, 0.3) is 5.91 Å². The number of alkyl halides is 3. The minimum atomic E-state index is -4.71. The van der Waals surface area contributed by atoms with Crippen LogP contribution in [0.1, 0.15) is 36.8 Å². The lowest BCUT2D eigenvalue weighted by Gasteiger charge is -2.39. The van der Waals surface area contributed by atoms with Gasteiger partial charge in [0.05, 0.1) is 13.1 Å². The summed E-state index contributed by atoms with van der Waals surface area (Å²) in [6.07, 6.45) is -4.57. The Hall–Kier alpha value is -3.08. The van der Waals surface area contributed by atoms with Gasteiger partial charge in [-0.3, -0.25) is 4.79 Å². The van der Waals surface area contributed by atoms with E-state index < -0.39 is 41.5 Å². The van der Waals surface area contributed by atoms with Crippen molar-refractivity contribution < 1.29 is 32.2 Å². The molecule has 0 aromatic carbocycles. The third-order valence-corrected chi connectivity index (χ3v) is 4.37. The lowest BCUT2D eigenvalue weighted by atomic mass is 10.1. The average Bonchev–Trinajstić information content (AvgIpc) is 2.62. The number of carbonyl (C=O) groups excluding carboxylic acids is 2. The summed E-state index contributed by atoms with van der Waals surface area (Å²) in [4.78, 5) is 33.1. The second-order valence-electron chi connectivity index (χ2n) is 7.99. The van der Waals surface area contributed by atoms with E-state index in [2.05, 4.69) is 15.3 Å². The minimum absolute atomic E-state index is 0.0633. The molecule has 3 heterocycles. The second-order valence-corrected chi connectivity index (χ2v) is 8.38. The number of nitrogens with one attached hydrogen (secondary N) is 1. The molecule has 1 saturated heterocycles. The summed E-state index contributed by atoms with van der Waals surface area (Å²) in [6, 6.07) is 4.48. The first-order valence-corrected chi connectivity index (χ1v) is 9.85. The predicted molar refractivity (Wildman–Crippen MR) is 109 cm³/mol. The fourth-order valence-electron chi connectivity index (χ4n) is 2.67. The molecule has 1 aliphatic heterocycles. The van der Waals surface area contributed by atoms with Crippen LogP contribution in [0, 0.1) is 0 Å². The van der Waals surface area contributed by atoms with Crippen LogP contribution in [0.2, 0.25) is 5.15 Å². The SMILES string of the molecule is CC(C)(C)OC(=O)N1CC(Oc2nc(C(F)(F)F)ccc2NC(=O)c2ccnc(Cl)c2)C1. The van der Waals surface area contributed by atoms with E-state index in [1.165, 1.54) is 23.2 Å². The highest BCUT2D eigenvalue weighted by Crippen LogP contribution is 2.33. The van der Waals surface area contributed by atoms with E-state index >= 15 is 0 Å². The van der Waals surface area contributed by atoms with Gasteiger partial charge in [-0.15, -0.1) is 0 Å². The van der Waals surface area contributed by atoms with Crippen LogP contribution in [-0.2, 0) is 10.9 Å². The molecule has 1 aliphatic rings. The first kappa shape index (κ1) is 23.6. The van der Waals surface area contributed by atoms with E-state index in [4.69, 9.17) is 21.1 Å². The van der Waals surface area contributed by atoms with Gasteiger partial charge >= 0.3 is 12.3 Å². The number of pyridine rings is 2. The van der Waals surface area contributed by atoms with Crippen LogP contribution in [0.4, 0.5) is 23.7 Å². The van der Waals surface area contributed by atoms with Gasteiger partial charge in [-0.05, 0) is 45.0 Å². The molecule has 8 nitrogen and oxygen atoms in total. The van der Waals surface area contributed by atoms with Gasteiger partial charge in [-0.1, -0.05) is 11.6 Å². The van der Waals surface area contributed by atoms with Gasteiger partial charge in [-0.2, -0.15) is 13.2 Å². The van der Waals surface area contributed by atoms with Gasteiger partial charge < -0.3 is 19.7 Å². The first-order chi connectivity index (χ1) is 14.8. The van der Waals surface area contributed by atoms with Crippen LogP contribution in [-0.4, -0.2) is 51.7 Å². The molecule has 0 spiro atoms. The summed E-state index contributed by atoms with van der Waals surface area (Å²) in [5, 5.41) is 2.55. The maximum atomic E-state index is 13.1. The Kier molecular flexibility index (Phi) is 6.49. The highest BCUT2D eigenvalue weighted by Gasteiger charge is 2.37. The van der Waals surface area contributed by atoms with E-state index in [1.807, 2.05) is 0 Å². The number of ether oxygens (including phenoxy) is 2. The number of hydrogen-bond acceptors (Lipinski definition) is 6. The van der Waals surface area contributed by atoms with Crippen molar-refractivity contribution >= 4 is 29.3 Å². The Morgan fingerprint density at radius 2 is 1.88 bits per heavy atom. The summed E-state index contributed by atoms with van der Waals surface area (Å²) in [7, 11) is 0. The number of rotatable bonds is 4. The minimum Gasteiger partial charge on any atom is -0.469 e. The molecule has 0 unspecified atom stereocenters. The third-order valence-electron chi connectivity index (χ3n) is 4.17. The highest BCUT2D eigenvalue weighted by molar-refractivity contribution is 6.29. The predicted octanol–water partition coefficient (Wildman–Crippen LogP) is 4.40. The van der Waals surface area contributed by atoms with Crippen molar-refractivity contribution in [1.29, 1.82) is 0 Å². The van der Waals surface area contributed by atoms with E-state index in [0.29, 0.717) is 0 Å². The Morgan fingerprint density at radius 3 is 2.47 bits per heavy atom. The average molecular weight is 473 g/mol. The van der Waals surface area contributed by atoms with Crippen LogP contribution in [0.25, 0.3) is 0 Å². The molecule has 0 bridgehead atoms. The maximum absolute atomic E-state index is 13.1. The molecule has 0 saturated carbocycles. The fraction of sp³-hybridized carbons (Fsp3) is 0.400. The largest absolute Gasteiger partial charge is 0.469 e.